The van der Waals surface area contributed by atoms with Gasteiger partial charge in [0.1, 0.15) is 0 Å². The average Bonchev–Trinajstić information content (AvgIpc) is 3.05. The third-order valence-corrected chi connectivity index (χ3v) is 5.19. The first kappa shape index (κ1) is 12.4. The highest BCUT2D eigenvalue weighted by Gasteiger charge is 2.30. The lowest BCUT2D eigenvalue weighted by Gasteiger charge is -2.18. The molecule has 1 aliphatic carbocycles. The molecule has 0 spiro atoms. The van der Waals surface area contributed by atoms with Crippen LogP contribution >= 0.6 is 0 Å². The van der Waals surface area contributed by atoms with E-state index in [1.807, 2.05) is 0 Å². The van der Waals surface area contributed by atoms with Crippen LogP contribution in [0.5, 0.6) is 0 Å². The second kappa shape index (κ2) is 4.31. The smallest absolute Gasteiger partial charge is 0.243 e. The Morgan fingerprint density at radius 1 is 1.41 bits per heavy atom. The molecule has 2 N–H and O–H groups in total. The van der Waals surface area contributed by atoms with Crippen molar-refractivity contribution in [1.29, 1.82) is 0 Å². The molecule has 0 radical (unpaired) electrons. The van der Waals surface area contributed by atoms with Crippen molar-refractivity contribution in [1.82, 2.24) is 4.31 Å². The van der Waals surface area contributed by atoms with Gasteiger partial charge in [0, 0.05) is 19.3 Å². The molecule has 0 unspecified atom stereocenters. The van der Waals surface area contributed by atoms with Crippen molar-refractivity contribution in [3.05, 3.63) is 23.8 Å². The van der Waals surface area contributed by atoms with Gasteiger partial charge in [-0.3, -0.25) is 0 Å². The van der Waals surface area contributed by atoms with Gasteiger partial charge < -0.3 is 5.73 Å². The minimum absolute atomic E-state index is 0.320. The monoisotopic (exact) mass is 254 g/mol. The predicted octanol–water partition coefficient (Wildman–Crippen LogP) is 1.61. The summed E-state index contributed by atoms with van der Waals surface area (Å²) in [5.41, 5.74) is 6.90. The van der Waals surface area contributed by atoms with E-state index < -0.39 is 10.0 Å². The summed E-state index contributed by atoms with van der Waals surface area (Å²) in [4.78, 5) is 0.320. The minimum atomic E-state index is -3.39. The molecule has 17 heavy (non-hydrogen) atoms. The number of nitrogens with two attached hydrogens (primary N) is 1. The second-order valence-corrected chi connectivity index (χ2v) is 6.71. The van der Waals surface area contributed by atoms with Gasteiger partial charge in [-0.05, 0) is 43.4 Å². The number of benzene rings is 1. The van der Waals surface area contributed by atoms with Gasteiger partial charge in [-0.25, -0.2) is 12.7 Å². The number of anilines is 1. The van der Waals surface area contributed by atoms with Gasteiger partial charge in [0.05, 0.1) is 4.90 Å². The molecular formula is C12H18N2O2S. The molecule has 0 saturated heterocycles. The molecule has 0 heterocycles. The molecule has 0 aromatic heterocycles. The second-order valence-electron chi connectivity index (χ2n) is 4.70. The minimum Gasteiger partial charge on any atom is -0.398 e. The fourth-order valence-electron chi connectivity index (χ4n) is 1.84. The first-order valence-corrected chi connectivity index (χ1v) is 7.18. The summed E-state index contributed by atoms with van der Waals surface area (Å²) in [7, 11) is -1.76. The third-order valence-electron chi connectivity index (χ3n) is 3.23. The van der Waals surface area contributed by atoms with Crippen molar-refractivity contribution in [2.45, 2.75) is 24.7 Å². The van der Waals surface area contributed by atoms with Gasteiger partial charge in [0.15, 0.2) is 0 Å². The maximum absolute atomic E-state index is 12.3. The fourth-order valence-corrected chi connectivity index (χ4v) is 3.34. The van der Waals surface area contributed by atoms with Gasteiger partial charge in [-0.1, -0.05) is 6.07 Å². The lowest BCUT2D eigenvalue weighted by molar-refractivity contribution is 0.452. The maximum Gasteiger partial charge on any atom is 0.243 e. The largest absolute Gasteiger partial charge is 0.398 e. The number of hydrogen-bond acceptors (Lipinski definition) is 3. The van der Waals surface area contributed by atoms with E-state index in [1.54, 1.807) is 32.2 Å². The van der Waals surface area contributed by atoms with E-state index in [4.69, 9.17) is 5.73 Å². The van der Waals surface area contributed by atoms with Crippen LogP contribution in [0, 0.1) is 12.8 Å². The highest BCUT2D eigenvalue weighted by molar-refractivity contribution is 7.89. The van der Waals surface area contributed by atoms with Crippen molar-refractivity contribution in [3.63, 3.8) is 0 Å². The summed E-state index contributed by atoms with van der Waals surface area (Å²) in [5.74, 6) is 0.538. The molecular weight excluding hydrogens is 236 g/mol. The quantitative estimate of drug-likeness (QED) is 0.830. The van der Waals surface area contributed by atoms with E-state index in [2.05, 4.69) is 0 Å². The molecule has 1 aromatic carbocycles. The molecule has 0 amide bonds. The molecule has 2 rings (SSSR count). The summed E-state index contributed by atoms with van der Waals surface area (Å²) in [6, 6.07) is 5.01. The summed E-state index contributed by atoms with van der Waals surface area (Å²) in [6.07, 6.45) is 2.27. The Hall–Kier alpha value is -1.07. The molecule has 94 valence electrons. The van der Waals surface area contributed by atoms with Crippen LogP contribution in [0.4, 0.5) is 5.69 Å². The zero-order valence-corrected chi connectivity index (χ0v) is 11.0. The molecule has 0 atom stereocenters. The SMILES string of the molecule is Cc1c(N)cccc1S(=O)(=O)N(C)CC1CC1. The van der Waals surface area contributed by atoms with E-state index in [1.165, 1.54) is 4.31 Å². The van der Waals surface area contributed by atoms with E-state index in [0.29, 0.717) is 28.6 Å². The van der Waals surface area contributed by atoms with Gasteiger partial charge in [0.2, 0.25) is 10.0 Å². The molecule has 1 aliphatic rings. The van der Waals surface area contributed by atoms with Gasteiger partial charge in [0.25, 0.3) is 0 Å². The Morgan fingerprint density at radius 3 is 2.65 bits per heavy atom. The zero-order chi connectivity index (χ0) is 12.6. The Bertz CT molecular complexity index is 521. The van der Waals surface area contributed by atoms with Crippen LogP contribution in [0.1, 0.15) is 18.4 Å². The van der Waals surface area contributed by atoms with E-state index in [-0.39, 0.29) is 0 Å². The van der Waals surface area contributed by atoms with Crippen LogP contribution in [0.25, 0.3) is 0 Å². The average molecular weight is 254 g/mol. The van der Waals surface area contributed by atoms with Crippen LogP contribution in [-0.4, -0.2) is 26.3 Å². The normalized spacial score (nSPS) is 16.4. The third kappa shape index (κ3) is 2.45. The molecule has 1 fully saturated rings. The lowest BCUT2D eigenvalue weighted by Crippen LogP contribution is -2.29. The number of nitrogens with zero attached hydrogens (tertiary/aromatic N) is 1. The van der Waals surface area contributed by atoms with E-state index in [0.717, 1.165) is 12.8 Å². The zero-order valence-electron chi connectivity index (χ0n) is 10.2. The molecule has 1 saturated carbocycles. The summed E-state index contributed by atoms with van der Waals surface area (Å²) < 4.78 is 26.1. The molecule has 0 aliphatic heterocycles. The number of nitrogen functional groups attached to an aromatic ring is 1. The first-order valence-electron chi connectivity index (χ1n) is 5.74. The van der Waals surface area contributed by atoms with Crippen molar-refractivity contribution in [2.24, 2.45) is 5.92 Å². The lowest BCUT2D eigenvalue weighted by atomic mass is 10.2. The molecule has 0 bridgehead atoms. The number of sulfonamides is 1. The fraction of sp³-hybridized carbons (Fsp3) is 0.500. The highest BCUT2D eigenvalue weighted by atomic mass is 32.2. The van der Waals surface area contributed by atoms with Crippen molar-refractivity contribution < 1.29 is 8.42 Å². The molecule has 1 aromatic rings. The van der Waals surface area contributed by atoms with Crippen LogP contribution in [0.3, 0.4) is 0 Å². The van der Waals surface area contributed by atoms with Crippen LogP contribution in [0.2, 0.25) is 0 Å². The number of hydrogen-bond donors (Lipinski definition) is 1. The molecule has 5 heteroatoms. The van der Waals surface area contributed by atoms with Gasteiger partial charge in [-0.15, -0.1) is 0 Å². The van der Waals surface area contributed by atoms with E-state index >= 15 is 0 Å². The van der Waals surface area contributed by atoms with Gasteiger partial charge >= 0.3 is 0 Å². The topological polar surface area (TPSA) is 63.4 Å². The highest BCUT2D eigenvalue weighted by Crippen LogP contribution is 2.31. The van der Waals surface area contributed by atoms with Crippen LogP contribution in [-0.2, 0) is 10.0 Å². The van der Waals surface area contributed by atoms with Crippen molar-refractivity contribution in [3.8, 4) is 0 Å². The Morgan fingerprint density at radius 2 is 2.06 bits per heavy atom. The Kier molecular flexibility index (Phi) is 3.14. The standard InChI is InChI=1S/C12H18N2O2S/c1-9-11(13)4-3-5-12(9)17(15,16)14(2)8-10-6-7-10/h3-5,10H,6-8,13H2,1-2H3. The summed E-state index contributed by atoms with van der Waals surface area (Å²) in [6.45, 7) is 2.35. The Balaban J connectivity index is 2.33. The van der Waals surface area contributed by atoms with Gasteiger partial charge in [-0.2, -0.15) is 0 Å². The summed E-state index contributed by atoms with van der Waals surface area (Å²) >= 11 is 0. The maximum atomic E-state index is 12.3. The van der Waals surface area contributed by atoms with Crippen LogP contribution in [0.15, 0.2) is 23.1 Å². The predicted molar refractivity (Wildman–Crippen MR) is 68.1 cm³/mol. The Labute approximate surface area is 102 Å². The van der Waals surface area contributed by atoms with E-state index in [9.17, 15) is 8.42 Å². The molecule has 4 nitrogen and oxygen atoms in total. The summed E-state index contributed by atoms with van der Waals surface area (Å²) in [5, 5.41) is 0. The number of rotatable bonds is 4. The first-order chi connectivity index (χ1) is 7.93. The van der Waals surface area contributed by atoms with Crippen molar-refractivity contribution >= 4 is 15.7 Å². The van der Waals surface area contributed by atoms with Crippen molar-refractivity contribution in [2.75, 3.05) is 19.3 Å². The van der Waals surface area contributed by atoms with Crippen LogP contribution < -0.4 is 5.73 Å².